The molecule has 3 atom stereocenters. The number of nitrogens with one attached hydrogen (secondary N) is 1. The highest BCUT2D eigenvalue weighted by Crippen LogP contribution is 2.37. The van der Waals surface area contributed by atoms with Gasteiger partial charge in [-0.05, 0) is 51.8 Å². The molecule has 0 radical (unpaired) electrons. The molecule has 1 heterocycles. The van der Waals surface area contributed by atoms with Crippen LogP contribution < -0.4 is 15.0 Å². The van der Waals surface area contributed by atoms with Gasteiger partial charge in [-0.2, -0.15) is 0 Å². The predicted molar refractivity (Wildman–Crippen MR) is 85.7 cm³/mol. The molecular weight excluding hydrogens is 248 g/mol. The lowest BCUT2D eigenvalue weighted by atomic mass is 9.91. The Morgan fingerprint density at radius 3 is 2.70 bits per heavy atom. The molecule has 20 heavy (non-hydrogen) atoms. The third kappa shape index (κ3) is 2.93. The van der Waals surface area contributed by atoms with E-state index in [1.165, 1.54) is 24.1 Å². The fourth-order valence-corrected chi connectivity index (χ4v) is 3.31. The Kier molecular flexibility index (Phi) is 4.92. The summed E-state index contributed by atoms with van der Waals surface area (Å²) in [4.78, 5) is 2.55. The summed E-state index contributed by atoms with van der Waals surface area (Å²) in [5, 5.41) is 3.35. The van der Waals surface area contributed by atoms with E-state index in [2.05, 4.69) is 49.2 Å². The smallest absolute Gasteiger partial charge is 0.125 e. The van der Waals surface area contributed by atoms with Crippen LogP contribution in [-0.2, 0) is 0 Å². The molecule has 1 aliphatic rings. The molecular formula is C17H28N2O. The van der Waals surface area contributed by atoms with Crippen molar-refractivity contribution < 1.29 is 4.74 Å². The molecule has 3 nitrogen and oxygen atoms in total. The molecule has 1 aromatic carbocycles. The maximum atomic E-state index is 5.59. The van der Waals surface area contributed by atoms with Crippen LogP contribution in [0.25, 0.3) is 0 Å². The van der Waals surface area contributed by atoms with Gasteiger partial charge in [0.25, 0.3) is 0 Å². The lowest BCUT2D eigenvalue weighted by molar-refractivity contribution is 0.374. The maximum Gasteiger partial charge on any atom is 0.125 e. The number of rotatable bonds is 4. The summed E-state index contributed by atoms with van der Waals surface area (Å²) in [6.45, 7) is 8.02. The van der Waals surface area contributed by atoms with E-state index in [0.717, 1.165) is 18.2 Å². The number of ether oxygens (including phenoxy) is 1. The zero-order chi connectivity index (χ0) is 14.7. The first kappa shape index (κ1) is 15.2. The predicted octanol–water partition coefficient (Wildman–Crippen LogP) is 3.60. The van der Waals surface area contributed by atoms with Crippen LogP contribution in [0.3, 0.4) is 0 Å². The maximum absolute atomic E-state index is 5.59. The normalized spacial score (nSPS) is 24.6. The highest BCUT2D eigenvalue weighted by molar-refractivity contribution is 5.61. The van der Waals surface area contributed by atoms with Gasteiger partial charge in [-0.15, -0.1) is 0 Å². The van der Waals surface area contributed by atoms with Crippen molar-refractivity contribution in [2.24, 2.45) is 5.92 Å². The molecule has 0 saturated carbocycles. The third-order valence-electron chi connectivity index (χ3n) is 4.58. The van der Waals surface area contributed by atoms with Crippen molar-refractivity contribution >= 4 is 5.69 Å². The van der Waals surface area contributed by atoms with E-state index < -0.39 is 0 Å². The zero-order valence-corrected chi connectivity index (χ0v) is 13.4. The second-order valence-corrected chi connectivity index (χ2v) is 6.08. The molecule has 0 amide bonds. The Hall–Kier alpha value is -1.22. The zero-order valence-electron chi connectivity index (χ0n) is 13.4. The van der Waals surface area contributed by atoms with Crippen molar-refractivity contribution in [3.05, 3.63) is 23.8 Å². The molecule has 1 aromatic rings. The average molecular weight is 276 g/mol. The van der Waals surface area contributed by atoms with Gasteiger partial charge in [-0.1, -0.05) is 13.0 Å². The van der Waals surface area contributed by atoms with Crippen LogP contribution in [0.15, 0.2) is 18.2 Å². The van der Waals surface area contributed by atoms with E-state index in [1.807, 2.05) is 7.05 Å². The first-order valence-electron chi connectivity index (χ1n) is 7.69. The van der Waals surface area contributed by atoms with Crippen molar-refractivity contribution in [1.29, 1.82) is 0 Å². The quantitative estimate of drug-likeness (QED) is 0.909. The van der Waals surface area contributed by atoms with Crippen LogP contribution in [0.4, 0.5) is 5.69 Å². The summed E-state index contributed by atoms with van der Waals surface area (Å²) in [7, 11) is 3.76. The highest BCUT2D eigenvalue weighted by Gasteiger charge is 2.27. The highest BCUT2D eigenvalue weighted by atomic mass is 16.5. The van der Waals surface area contributed by atoms with E-state index in [1.54, 1.807) is 7.11 Å². The topological polar surface area (TPSA) is 24.5 Å². The molecule has 0 aliphatic carbocycles. The molecule has 3 unspecified atom stereocenters. The van der Waals surface area contributed by atoms with Gasteiger partial charge in [0.05, 0.1) is 7.11 Å². The fourth-order valence-electron chi connectivity index (χ4n) is 3.31. The molecule has 1 saturated heterocycles. The van der Waals surface area contributed by atoms with Crippen molar-refractivity contribution in [1.82, 2.24) is 5.32 Å². The van der Waals surface area contributed by atoms with Gasteiger partial charge in [0.1, 0.15) is 5.75 Å². The average Bonchev–Trinajstić information content (AvgIpc) is 2.45. The van der Waals surface area contributed by atoms with Crippen LogP contribution in [0.2, 0.25) is 0 Å². The van der Waals surface area contributed by atoms with Gasteiger partial charge in [-0.25, -0.2) is 0 Å². The summed E-state index contributed by atoms with van der Waals surface area (Å²) in [5.74, 6) is 1.81. The second-order valence-electron chi connectivity index (χ2n) is 6.08. The summed E-state index contributed by atoms with van der Waals surface area (Å²) in [6.07, 6.45) is 2.54. The third-order valence-corrected chi connectivity index (χ3v) is 4.58. The van der Waals surface area contributed by atoms with Gasteiger partial charge >= 0.3 is 0 Å². The van der Waals surface area contributed by atoms with E-state index in [0.29, 0.717) is 6.04 Å². The second kappa shape index (κ2) is 6.49. The Morgan fingerprint density at radius 1 is 1.35 bits per heavy atom. The lowest BCUT2D eigenvalue weighted by Gasteiger charge is -2.40. The number of piperidine rings is 1. The molecule has 1 N–H and O–H groups in total. The first-order valence-corrected chi connectivity index (χ1v) is 7.69. The molecule has 112 valence electrons. The van der Waals surface area contributed by atoms with E-state index in [-0.39, 0.29) is 6.04 Å². The van der Waals surface area contributed by atoms with Gasteiger partial charge in [0.15, 0.2) is 0 Å². The minimum atomic E-state index is 0.285. The minimum absolute atomic E-state index is 0.285. The number of anilines is 1. The standard InChI is InChI=1S/C17H28N2O/c1-12-9-10-19(13(2)11-12)15-7-6-8-16(20-5)17(15)14(3)18-4/h6-8,12-14,18H,9-11H2,1-5H3. The summed E-state index contributed by atoms with van der Waals surface area (Å²) < 4.78 is 5.59. The van der Waals surface area contributed by atoms with Gasteiger partial charge in [-0.3, -0.25) is 0 Å². The van der Waals surface area contributed by atoms with Crippen LogP contribution in [0.5, 0.6) is 5.75 Å². The van der Waals surface area contributed by atoms with Crippen LogP contribution in [-0.4, -0.2) is 26.7 Å². The number of nitrogens with zero attached hydrogens (tertiary/aromatic N) is 1. The van der Waals surface area contributed by atoms with Gasteiger partial charge < -0.3 is 15.0 Å². The van der Waals surface area contributed by atoms with Crippen molar-refractivity contribution in [3.8, 4) is 5.75 Å². The van der Waals surface area contributed by atoms with Crippen molar-refractivity contribution in [2.75, 3.05) is 25.6 Å². The summed E-state index contributed by atoms with van der Waals surface area (Å²) in [5.41, 5.74) is 2.60. The number of hydrogen-bond acceptors (Lipinski definition) is 3. The van der Waals surface area contributed by atoms with Crippen molar-refractivity contribution in [3.63, 3.8) is 0 Å². The first-order chi connectivity index (χ1) is 9.58. The van der Waals surface area contributed by atoms with Gasteiger partial charge in [0, 0.05) is 29.9 Å². The largest absolute Gasteiger partial charge is 0.496 e. The Morgan fingerprint density at radius 2 is 2.10 bits per heavy atom. The van der Waals surface area contributed by atoms with Crippen LogP contribution in [0.1, 0.15) is 45.2 Å². The number of hydrogen-bond donors (Lipinski definition) is 1. The summed E-state index contributed by atoms with van der Waals surface area (Å²) in [6, 6.07) is 7.27. The Bertz CT molecular complexity index is 447. The number of benzene rings is 1. The lowest BCUT2D eigenvalue weighted by Crippen LogP contribution is -2.41. The molecule has 0 spiro atoms. The molecule has 0 aromatic heterocycles. The van der Waals surface area contributed by atoms with E-state index in [9.17, 15) is 0 Å². The summed E-state index contributed by atoms with van der Waals surface area (Å²) >= 11 is 0. The Balaban J connectivity index is 2.40. The molecule has 1 aliphatic heterocycles. The van der Waals surface area contributed by atoms with Crippen molar-refractivity contribution in [2.45, 2.75) is 45.7 Å². The molecule has 3 heteroatoms. The minimum Gasteiger partial charge on any atom is -0.496 e. The van der Waals surface area contributed by atoms with E-state index >= 15 is 0 Å². The van der Waals surface area contributed by atoms with Crippen LogP contribution in [0, 0.1) is 5.92 Å². The van der Waals surface area contributed by atoms with Crippen LogP contribution >= 0.6 is 0 Å². The molecule has 1 fully saturated rings. The number of methoxy groups -OCH3 is 1. The Labute approximate surface area is 123 Å². The monoisotopic (exact) mass is 276 g/mol. The molecule has 2 rings (SSSR count). The van der Waals surface area contributed by atoms with Gasteiger partial charge in [0.2, 0.25) is 0 Å². The van der Waals surface area contributed by atoms with E-state index in [4.69, 9.17) is 4.74 Å². The fraction of sp³-hybridized carbons (Fsp3) is 0.647. The SMILES string of the molecule is CNC(C)c1c(OC)cccc1N1CCC(C)CC1C. The molecule has 0 bridgehead atoms.